The SMILES string of the molecule is CCCC(=O)CCCNC(=O)[C@H](C)CC(=O)[C@H](Cc1ccccc1)NC(=O)CNP(=O)(CCOc1cc2c(cc1CO)C(=O)N1C[C@H](F)C[C@H]1C=N2)CCOc1cc2c(cc1OC)C(=O)N1C[C@H](F)C[C@@H]1C=N2. The predicted molar refractivity (Wildman–Crippen MR) is 270 cm³/mol. The minimum absolute atomic E-state index is 0.0606. The quantitative estimate of drug-likeness (QED) is 0.0565. The van der Waals surface area contributed by atoms with Gasteiger partial charge in [0.2, 0.25) is 11.8 Å². The molecule has 0 radical (unpaired) electrons. The molecule has 3 aromatic carbocycles. The van der Waals surface area contributed by atoms with Crippen LogP contribution in [0.2, 0.25) is 0 Å². The van der Waals surface area contributed by atoms with Crippen molar-refractivity contribution in [3.63, 3.8) is 0 Å². The molecule has 4 heterocycles. The van der Waals surface area contributed by atoms with E-state index in [-0.39, 0.29) is 128 Å². The average Bonchev–Trinajstić information content (AvgIpc) is 3.89. The van der Waals surface area contributed by atoms with Crippen molar-refractivity contribution in [1.82, 2.24) is 25.5 Å². The average molecular weight is 1030 g/mol. The maximum atomic E-state index is 15.0. The molecule has 18 nitrogen and oxygen atoms in total. The molecule has 2 fully saturated rings. The van der Waals surface area contributed by atoms with E-state index in [0.29, 0.717) is 19.3 Å². The van der Waals surface area contributed by atoms with Crippen LogP contribution in [-0.4, -0.2) is 152 Å². The highest BCUT2D eigenvalue weighted by Gasteiger charge is 2.39. The van der Waals surface area contributed by atoms with Gasteiger partial charge >= 0.3 is 0 Å². The molecule has 1 unspecified atom stereocenters. The van der Waals surface area contributed by atoms with Crippen molar-refractivity contribution in [2.75, 3.05) is 58.8 Å². The van der Waals surface area contributed by atoms with Gasteiger partial charge in [-0.1, -0.05) is 44.2 Å². The first-order chi connectivity index (χ1) is 35.1. The van der Waals surface area contributed by atoms with E-state index in [0.717, 1.165) is 12.0 Å². The van der Waals surface area contributed by atoms with Crippen LogP contribution in [-0.2, 0) is 36.8 Å². The normalized spacial score (nSPS) is 20.4. The number of nitrogens with zero attached hydrogens (tertiary/aromatic N) is 4. The number of aliphatic hydroxyl groups excluding tert-OH is 1. The van der Waals surface area contributed by atoms with E-state index < -0.39 is 80.3 Å². The van der Waals surface area contributed by atoms with E-state index >= 15 is 0 Å². The number of amides is 4. The minimum Gasteiger partial charge on any atom is -0.493 e. The highest BCUT2D eigenvalue weighted by atomic mass is 31.2. The zero-order chi connectivity index (χ0) is 52.2. The number of aliphatic imine (C=N–C) groups is 2. The summed E-state index contributed by atoms with van der Waals surface area (Å²) in [4.78, 5) is 91.2. The van der Waals surface area contributed by atoms with E-state index in [9.17, 15) is 47.2 Å². The van der Waals surface area contributed by atoms with Crippen molar-refractivity contribution in [1.29, 1.82) is 0 Å². The van der Waals surface area contributed by atoms with Gasteiger partial charge < -0.3 is 44.3 Å². The molecule has 0 saturated carbocycles. The Kier molecular flexibility index (Phi) is 18.7. The highest BCUT2D eigenvalue weighted by molar-refractivity contribution is 7.62. The van der Waals surface area contributed by atoms with Crippen molar-refractivity contribution in [2.24, 2.45) is 15.9 Å². The van der Waals surface area contributed by atoms with E-state index in [1.165, 1.54) is 53.6 Å². The number of alkyl halides is 2. The minimum atomic E-state index is -3.68. The molecule has 392 valence electrons. The first kappa shape index (κ1) is 54.4. The van der Waals surface area contributed by atoms with Crippen molar-refractivity contribution in [3.8, 4) is 17.2 Å². The number of benzene rings is 3. The summed E-state index contributed by atoms with van der Waals surface area (Å²) >= 11 is 0. The maximum Gasteiger partial charge on any atom is 0.256 e. The van der Waals surface area contributed by atoms with Gasteiger partial charge in [-0.2, -0.15) is 0 Å². The third kappa shape index (κ3) is 14.0. The van der Waals surface area contributed by atoms with Crippen LogP contribution in [0.5, 0.6) is 17.2 Å². The number of hydrogen-bond donors (Lipinski definition) is 4. The van der Waals surface area contributed by atoms with Crippen LogP contribution in [0.3, 0.4) is 0 Å². The van der Waals surface area contributed by atoms with Gasteiger partial charge in [-0.15, -0.1) is 0 Å². The lowest BCUT2D eigenvalue weighted by Gasteiger charge is -2.23. The number of halogens is 2. The number of rotatable bonds is 26. The van der Waals surface area contributed by atoms with Gasteiger partial charge in [-0.05, 0) is 37.0 Å². The van der Waals surface area contributed by atoms with Crippen LogP contribution in [0.4, 0.5) is 20.2 Å². The third-order valence-electron chi connectivity index (χ3n) is 13.3. The molecule has 0 aromatic heterocycles. The molecule has 2 saturated heterocycles. The number of hydrogen-bond acceptors (Lipinski definition) is 13. The molecule has 4 amide bonds. The molecule has 4 aliphatic heterocycles. The smallest absolute Gasteiger partial charge is 0.256 e. The summed E-state index contributed by atoms with van der Waals surface area (Å²) in [6.45, 7) is 2.24. The highest BCUT2D eigenvalue weighted by Crippen LogP contribution is 2.43. The molecule has 4 aliphatic rings. The topological polar surface area (TPSA) is 235 Å². The molecule has 0 bridgehead atoms. The van der Waals surface area contributed by atoms with Crippen LogP contribution in [0.15, 0.2) is 64.6 Å². The van der Waals surface area contributed by atoms with Crippen molar-refractivity contribution in [2.45, 2.75) is 102 Å². The number of carbonyl (C=O) groups is 6. The fraction of sp³-hybridized carbons (Fsp3) is 0.500. The van der Waals surface area contributed by atoms with Gasteiger partial charge in [0.1, 0.15) is 23.9 Å². The van der Waals surface area contributed by atoms with Crippen LogP contribution < -0.4 is 29.9 Å². The molecule has 3 aromatic rings. The summed E-state index contributed by atoms with van der Waals surface area (Å²) in [6.07, 6.45) is 2.57. The molecule has 7 atom stereocenters. The van der Waals surface area contributed by atoms with E-state index in [1.807, 2.05) is 25.1 Å². The molecule has 7 rings (SSSR count). The zero-order valence-corrected chi connectivity index (χ0v) is 42.3. The summed E-state index contributed by atoms with van der Waals surface area (Å²) < 4.78 is 61.3. The maximum absolute atomic E-state index is 15.0. The van der Waals surface area contributed by atoms with Gasteiger partial charge in [0.25, 0.3) is 11.8 Å². The Hall–Kier alpha value is -6.37. The van der Waals surface area contributed by atoms with Gasteiger partial charge in [0.15, 0.2) is 24.6 Å². The number of fused-ring (bicyclic) bond motifs is 4. The standard InChI is InChI=1S/C52H64F2N7O11P/c1-4-9-39(63)12-8-13-55-50(66)32(2)18-45(64)44(19-33-10-6-5-7-11-33)59-49(65)28-58-73(69,16-14-71-46-24-42-40(20-34(46)31-62)51(67)60-29-35(53)21-37(60)26-56-42)17-15-72-48-25-43-41(23-47(48)70-3)52(68)61-30-36(54)22-38(61)27-57-43/h5-7,10-11,20,23-27,32,35-38,44,62H,4,8-9,12-19,21-22,28-31H2,1-3H3,(H,55,66)(H,58,69)(H,59,65)/t32-,35-,36-,37+,38-,44+,73?/m1/s1. The Morgan fingerprint density at radius 3 is 2.05 bits per heavy atom. The van der Waals surface area contributed by atoms with Crippen LogP contribution >= 0.6 is 7.29 Å². The summed E-state index contributed by atoms with van der Waals surface area (Å²) in [6, 6.07) is 12.9. The van der Waals surface area contributed by atoms with E-state index in [2.05, 4.69) is 25.7 Å². The Balaban J connectivity index is 1.05. The molecule has 0 spiro atoms. The molecule has 73 heavy (non-hydrogen) atoms. The Morgan fingerprint density at radius 2 is 1.45 bits per heavy atom. The first-order valence-corrected chi connectivity index (χ1v) is 26.9. The molecular weight excluding hydrogens is 968 g/mol. The van der Waals surface area contributed by atoms with E-state index in [4.69, 9.17) is 14.2 Å². The van der Waals surface area contributed by atoms with Gasteiger partial charge in [0, 0.05) is 87.0 Å². The van der Waals surface area contributed by atoms with Gasteiger partial charge in [0.05, 0.1) is 87.2 Å². The van der Waals surface area contributed by atoms with Crippen molar-refractivity contribution >= 4 is 66.3 Å². The largest absolute Gasteiger partial charge is 0.493 e. The summed E-state index contributed by atoms with van der Waals surface area (Å²) in [5, 5.41) is 18.8. The lowest BCUT2D eigenvalue weighted by molar-refractivity contribution is -0.131. The number of Topliss-reactive ketones (excluding diaryl/α,β-unsaturated/α-hetero) is 2. The second-order valence-electron chi connectivity index (χ2n) is 18.9. The molecule has 0 aliphatic carbocycles. The monoisotopic (exact) mass is 1030 g/mol. The van der Waals surface area contributed by atoms with Crippen LogP contribution in [0.1, 0.15) is 90.6 Å². The number of nitrogens with one attached hydrogen (secondary N) is 3. The fourth-order valence-electron chi connectivity index (χ4n) is 9.31. The van der Waals surface area contributed by atoms with E-state index in [1.54, 1.807) is 19.1 Å². The van der Waals surface area contributed by atoms with Crippen molar-refractivity contribution in [3.05, 3.63) is 76.9 Å². The summed E-state index contributed by atoms with van der Waals surface area (Å²) in [5.41, 5.74) is 1.90. The first-order valence-electron chi connectivity index (χ1n) is 24.8. The summed E-state index contributed by atoms with van der Waals surface area (Å²) in [7, 11) is -2.29. The third-order valence-corrected chi connectivity index (χ3v) is 15.9. The van der Waals surface area contributed by atoms with Crippen LogP contribution in [0, 0.1) is 5.92 Å². The second-order valence-corrected chi connectivity index (χ2v) is 21.8. The Labute approximate surface area is 423 Å². The molecular formula is C52H64F2N7O11P. The fourth-order valence-corrected chi connectivity index (χ4v) is 11.1. The Bertz CT molecular complexity index is 2520. The number of ether oxygens (including phenoxy) is 3. The predicted octanol–water partition coefficient (Wildman–Crippen LogP) is 5.64. The zero-order valence-electron chi connectivity index (χ0n) is 41.4. The Morgan fingerprint density at radius 1 is 0.849 bits per heavy atom. The number of carbonyl (C=O) groups excluding carboxylic acids is 6. The molecule has 4 N–H and O–H groups in total. The second kappa shape index (κ2) is 25.0. The summed E-state index contributed by atoms with van der Waals surface area (Å²) in [5.74, 6) is -2.34. The number of aliphatic hydroxyl groups is 1. The van der Waals surface area contributed by atoms with Crippen molar-refractivity contribution < 1.29 is 61.4 Å². The van der Waals surface area contributed by atoms with Crippen LogP contribution in [0.25, 0.3) is 0 Å². The number of methoxy groups -OCH3 is 1. The lowest BCUT2D eigenvalue weighted by Crippen LogP contribution is -2.46. The lowest BCUT2D eigenvalue weighted by atomic mass is 9.95. The van der Waals surface area contributed by atoms with Gasteiger partial charge in [-0.3, -0.25) is 43.8 Å². The molecule has 21 heteroatoms. The van der Waals surface area contributed by atoms with Gasteiger partial charge in [-0.25, -0.2) is 8.78 Å². The number of ketones is 2.